The molecule has 0 unspecified atom stereocenters. The van der Waals surface area contributed by atoms with Gasteiger partial charge in [0, 0.05) is 62.2 Å². The maximum absolute atomic E-state index is 5.43. The molecule has 4 nitrogen and oxygen atoms in total. The molecular weight excluding hydrogens is 685 g/mol. The highest BCUT2D eigenvalue weighted by molar-refractivity contribution is 7.27. The van der Waals surface area contributed by atoms with E-state index in [4.69, 9.17) is 15.0 Å². The summed E-state index contributed by atoms with van der Waals surface area (Å²) in [4.78, 5) is 16.0. The van der Waals surface area contributed by atoms with Gasteiger partial charge in [-0.25, -0.2) is 4.98 Å². The zero-order valence-electron chi connectivity index (χ0n) is 28.1. The molecule has 4 heterocycles. The molecule has 0 saturated carbocycles. The molecule has 12 rings (SSSR count). The summed E-state index contributed by atoms with van der Waals surface area (Å²) in [5, 5.41) is 12.3. The Hall–Kier alpha value is -6.47. The van der Waals surface area contributed by atoms with Gasteiger partial charge in [-0.2, -0.15) is 9.97 Å². The summed E-state index contributed by atoms with van der Waals surface area (Å²) in [6.07, 6.45) is 0. The van der Waals surface area contributed by atoms with Crippen LogP contribution in [-0.4, -0.2) is 19.5 Å². The fourth-order valence-corrected chi connectivity index (χ4v) is 10.7. The largest absolute Gasteiger partial charge is 0.278 e. The lowest BCUT2D eigenvalue weighted by atomic mass is 9.99. The number of aromatic nitrogens is 4. The number of hydrogen-bond acceptors (Lipinski definition) is 5. The molecule has 0 aliphatic rings. The highest BCUT2D eigenvalue weighted by Gasteiger charge is 2.23. The van der Waals surface area contributed by atoms with Crippen molar-refractivity contribution < 1.29 is 0 Å². The number of hydrogen-bond donors (Lipinski definition) is 0. The Kier molecular flexibility index (Phi) is 6.06. The van der Waals surface area contributed by atoms with Gasteiger partial charge < -0.3 is 0 Å². The fraction of sp³-hybridized carbons (Fsp3) is 0. The monoisotopic (exact) mass is 710 g/mol. The minimum absolute atomic E-state index is 0.602. The van der Waals surface area contributed by atoms with Crippen molar-refractivity contribution in [2.24, 2.45) is 0 Å². The van der Waals surface area contributed by atoms with Gasteiger partial charge in [0.1, 0.15) is 0 Å². The lowest BCUT2D eigenvalue weighted by molar-refractivity contribution is 0.955. The second kappa shape index (κ2) is 11.0. The van der Waals surface area contributed by atoms with E-state index in [2.05, 4.69) is 144 Å². The van der Waals surface area contributed by atoms with Crippen LogP contribution in [0.4, 0.5) is 0 Å². The smallest absolute Gasteiger partial charge is 0.238 e. The van der Waals surface area contributed by atoms with E-state index < -0.39 is 0 Å². The van der Waals surface area contributed by atoms with E-state index in [1.165, 1.54) is 67.3 Å². The summed E-state index contributed by atoms with van der Waals surface area (Å²) in [5.41, 5.74) is 4.10. The number of benzene rings is 8. The Bertz CT molecular complexity index is 3460. The second-order valence-corrected chi connectivity index (χ2v) is 15.7. The Morgan fingerprint density at radius 3 is 1.89 bits per heavy atom. The molecule has 8 aromatic carbocycles. The summed E-state index contributed by atoms with van der Waals surface area (Å²) >= 11 is 3.68. The molecule has 0 spiro atoms. The minimum Gasteiger partial charge on any atom is -0.278 e. The first-order valence-electron chi connectivity index (χ1n) is 17.7. The molecule has 0 fully saturated rings. The third kappa shape index (κ3) is 4.19. The van der Waals surface area contributed by atoms with Crippen molar-refractivity contribution in [1.82, 2.24) is 19.5 Å². The van der Waals surface area contributed by atoms with Crippen LogP contribution in [0.5, 0.6) is 0 Å². The number of thiophene rings is 2. The van der Waals surface area contributed by atoms with Gasteiger partial charge in [-0.1, -0.05) is 127 Å². The quantitative estimate of drug-likeness (QED) is 0.183. The fourth-order valence-electron chi connectivity index (χ4n) is 8.34. The lowest BCUT2D eigenvalue weighted by Crippen LogP contribution is -2.06. The average Bonchev–Trinajstić information content (AvgIpc) is 3.90. The van der Waals surface area contributed by atoms with Crippen LogP contribution in [0.25, 0.3) is 112 Å². The summed E-state index contributed by atoms with van der Waals surface area (Å²) in [7, 11) is 0. The molecule has 4 aromatic heterocycles. The number of nitrogens with zero attached hydrogens (tertiary/aromatic N) is 4. The third-order valence-electron chi connectivity index (χ3n) is 10.6. The Morgan fingerprint density at radius 1 is 0.396 bits per heavy atom. The molecule has 0 radical (unpaired) electrons. The van der Waals surface area contributed by atoms with Crippen molar-refractivity contribution in [2.45, 2.75) is 0 Å². The Morgan fingerprint density at radius 2 is 1.04 bits per heavy atom. The zero-order chi connectivity index (χ0) is 34.6. The summed E-state index contributed by atoms with van der Waals surface area (Å²) < 4.78 is 7.32. The van der Waals surface area contributed by atoms with E-state index in [-0.39, 0.29) is 0 Å². The van der Waals surface area contributed by atoms with Gasteiger partial charge in [0.25, 0.3) is 0 Å². The molecule has 53 heavy (non-hydrogen) atoms. The van der Waals surface area contributed by atoms with Gasteiger partial charge in [0.15, 0.2) is 11.6 Å². The van der Waals surface area contributed by atoms with Crippen molar-refractivity contribution in [3.05, 3.63) is 158 Å². The minimum atomic E-state index is 0.602. The van der Waals surface area contributed by atoms with Crippen molar-refractivity contribution >= 4 is 106 Å². The predicted molar refractivity (Wildman–Crippen MR) is 226 cm³/mol. The van der Waals surface area contributed by atoms with E-state index in [0.717, 1.165) is 27.5 Å². The van der Waals surface area contributed by atoms with Crippen LogP contribution < -0.4 is 0 Å². The highest BCUT2D eigenvalue weighted by Crippen LogP contribution is 2.46. The second-order valence-electron chi connectivity index (χ2n) is 13.5. The van der Waals surface area contributed by atoms with Gasteiger partial charge >= 0.3 is 0 Å². The van der Waals surface area contributed by atoms with E-state index in [9.17, 15) is 0 Å². The van der Waals surface area contributed by atoms with Gasteiger partial charge in [0.2, 0.25) is 5.95 Å². The zero-order valence-corrected chi connectivity index (χ0v) is 29.7. The topological polar surface area (TPSA) is 43.6 Å². The average molecular weight is 711 g/mol. The van der Waals surface area contributed by atoms with E-state index in [0.29, 0.717) is 17.6 Å². The van der Waals surface area contributed by atoms with Crippen LogP contribution in [-0.2, 0) is 0 Å². The Balaban J connectivity index is 1.23. The molecule has 246 valence electrons. The van der Waals surface area contributed by atoms with Crippen molar-refractivity contribution in [3.63, 3.8) is 0 Å². The molecule has 0 atom stereocenters. The molecule has 0 bridgehead atoms. The van der Waals surface area contributed by atoms with E-state index >= 15 is 0 Å². The molecule has 0 amide bonds. The molecular formula is C47H26N4S2. The normalized spacial score (nSPS) is 12.2. The van der Waals surface area contributed by atoms with Crippen molar-refractivity contribution in [1.29, 1.82) is 0 Å². The first kappa shape index (κ1) is 29.1. The third-order valence-corrected chi connectivity index (χ3v) is 13.0. The van der Waals surface area contributed by atoms with Crippen LogP contribution in [0.3, 0.4) is 0 Å². The first-order chi connectivity index (χ1) is 26.3. The number of rotatable bonds is 3. The molecule has 0 aliphatic heterocycles. The van der Waals surface area contributed by atoms with Crippen LogP contribution in [0, 0.1) is 0 Å². The summed E-state index contributed by atoms with van der Waals surface area (Å²) in [6, 6.07) is 56.3. The van der Waals surface area contributed by atoms with E-state index in [1.54, 1.807) is 0 Å². The van der Waals surface area contributed by atoms with Gasteiger partial charge in [-0.05, 0) is 51.9 Å². The van der Waals surface area contributed by atoms with Crippen LogP contribution in [0.2, 0.25) is 0 Å². The number of fused-ring (bicyclic) bond motifs is 14. The van der Waals surface area contributed by atoms with Crippen LogP contribution in [0.1, 0.15) is 0 Å². The summed E-state index contributed by atoms with van der Waals surface area (Å²) in [6.45, 7) is 0. The molecule has 12 aromatic rings. The van der Waals surface area contributed by atoms with Crippen LogP contribution >= 0.6 is 22.7 Å². The molecule has 0 aliphatic carbocycles. The molecule has 6 heteroatoms. The van der Waals surface area contributed by atoms with Crippen LogP contribution in [0.15, 0.2) is 158 Å². The molecule has 0 N–H and O–H groups in total. The lowest BCUT2D eigenvalue weighted by Gasteiger charge is -2.13. The van der Waals surface area contributed by atoms with Gasteiger partial charge in [0.05, 0.1) is 11.0 Å². The van der Waals surface area contributed by atoms with Gasteiger partial charge in [-0.15, -0.1) is 22.7 Å². The Labute approximate surface area is 310 Å². The maximum Gasteiger partial charge on any atom is 0.238 e. The SMILES string of the molecule is c1ccc(-c2nc(-c3cc4sc5ccccc5c4c4ccccc34)nc(-n3c4ccc5ccccc5c4c4c5sc6ccccc6c5ccc43)n2)cc1. The highest BCUT2D eigenvalue weighted by atomic mass is 32.1. The maximum atomic E-state index is 5.43. The van der Waals surface area contributed by atoms with E-state index in [1.807, 2.05) is 40.9 Å². The molecule has 0 saturated heterocycles. The van der Waals surface area contributed by atoms with Crippen molar-refractivity contribution in [2.75, 3.05) is 0 Å². The summed E-state index contributed by atoms with van der Waals surface area (Å²) in [5.74, 6) is 1.90. The first-order valence-corrected chi connectivity index (χ1v) is 19.3. The van der Waals surface area contributed by atoms with Crippen molar-refractivity contribution in [3.8, 4) is 28.7 Å². The predicted octanol–water partition coefficient (Wildman–Crippen LogP) is 13.3. The van der Waals surface area contributed by atoms with Gasteiger partial charge in [-0.3, -0.25) is 4.57 Å². The standard InChI is InChI=1S/C47H26N4S2/c1-2-13-28(14-3-1)45-48-46(35-26-40-41(32-18-7-6-16-30(32)35)34-19-9-11-21-39(34)52-40)50-47(49-45)51-36-24-22-27-12-4-5-15-29(27)42(36)43-37(51)25-23-33-31-17-8-10-20-38(31)53-44(33)43/h1-26H.